The van der Waals surface area contributed by atoms with Crippen LogP contribution in [0.4, 0.5) is 4.39 Å². The molecule has 0 saturated heterocycles. The summed E-state index contributed by atoms with van der Waals surface area (Å²) in [6.45, 7) is 0. The van der Waals surface area contributed by atoms with Crippen LogP contribution in [0.15, 0.2) is 22.7 Å². The smallest absolute Gasteiger partial charge is 0.137 e. The molecule has 2 fully saturated rings. The van der Waals surface area contributed by atoms with Crippen molar-refractivity contribution in [3.8, 4) is 6.07 Å². The van der Waals surface area contributed by atoms with Gasteiger partial charge in [-0.15, -0.1) is 0 Å². The van der Waals surface area contributed by atoms with Gasteiger partial charge in [-0.2, -0.15) is 5.26 Å². The lowest BCUT2D eigenvalue weighted by Gasteiger charge is -2.31. The van der Waals surface area contributed by atoms with Gasteiger partial charge in [0.15, 0.2) is 0 Å². The molecule has 0 aromatic heterocycles. The minimum Gasteiger partial charge on any atom is -0.206 e. The van der Waals surface area contributed by atoms with Gasteiger partial charge in [-0.1, -0.05) is 18.6 Å². The predicted octanol–water partition coefficient (Wildman–Crippen LogP) is 4.46. The first-order valence-corrected chi connectivity index (χ1v) is 7.28. The summed E-state index contributed by atoms with van der Waals surface area (Å²) in [6.07, 6.45) is 5.32. The molecule has 2 bridgehead atoms. The monoisotopic (exact) mass is 307 g/mol. The number of nitrogens with zero attached hydrogens (tertiary/aromatic N) is 1. The number of hydrogen-bond donors (Lipinski definition) is 0. The quantitative estimate of drug-likeness (QED) is 0.791. The van der Waals surface area contributed by atoms with Crippen LogP contribution in [0.5, 0.6) is 0 Å². The summed E-state index contributed by atoms with van der Waals surface area (Å²) in [4.78, 5) is 0. The van der Waals surface area contributed by atoms with Crippen LogP contribution in [-0.2, 0) is 6.42 Å². The van der Waals surface area contributed by atoms with E-state index in [1.807, 2.05) is 6.07 Å². The minimum atomic E-state index is -0.251. The molecule has 2 aliphatic carbocycles. The van der Waals surface area contributed by atoms with Gasteiger partial charge in [-0.05, 0) is 65.1 Å². The lowest BCUT2D eigenvalue weighted by atomic mass is 9.70. The van der Waals surface area contributed by atoms with Crippen molar-refractivity contribution in [1.29, 1.82) is 5.26 Å². The summed E-state index contributed by atoms with van der Waals surface area (Å²) in [5.74, 6) is 1.01. The Balaban J connectivity index is 1.92. The molecule has 0 N–H and O–H groups in total. The molecule has 1 aromatic rings. The van der Waals surface area contributed by atoms with Crippen LogP contribution in [0, 0.1) is 34.4 Å². The van der Waals surface area contributed by atoms with E-state index in [2.05, 4.69) is 22.0 Å². The standard InChI is InChI=1S/C15H15BrFN/c16-14-11(2-1-3-13(14)17)8-15(9-18)7-10-4-5-12(15)6-10/h1-3,10,12H,4-8H2. The fourth-order valence-electron chi connectivity index (χ4n) is 3.86. The van der Waals surface area contributed by atoms with E-state index in [4.69, 9.17) is 0 Å². The first-order valence-electron chi connectivity index (χ1n) is 6.49. The maximum absolute atomic E-state index is 13.5. The molecule has 1 nitrogen and oxygen atoms in total. The number of nitriles is 1. The Kier molecular flexibility index (Phi) is 2.94. The molecule has 3 rings (SSSR count). The molecule has 0 heterocycles. The Morgan fingerprint density at radius 2 is 2.28 bits per heavy atom. The van der Waals surface area contributed by atoms with Crippen molar-refractivity contribution in [2.75, 3.05) is 0 Å². The number of rotatable bonds is 2. The maximum Gasteiger partial charge on any atom is 0.137 e. The Morgan fingerprint density at radius 3 is 2.89 bits per heavy atom. The van der Waals surface area contributed by atoms with E-state index >= 15 is 0 Å². The van der Waals surface area contributed by atoms with E-state index in [1.165, 1.54) is 25.3 Å². The van der Waals surface area contributed by atoms with E-state index < -0.39 is 0 Å². The van der Waals surface area contributed by atoms with E-state index in [-0.39, 0.29) is 11.2 Å². The fraction of sp³-hybridized carbons (Fsp3) is 0.533. The van der Waals surface area contributed by atoms with Crippen molar-refractivity contribution in [3.05, 3.63) is 34.1 Å². The molecule has 0 radical (unpaired) electrons. The SMILES string of the molecule is N#CC1(Cc2cccc(F)c2Br)CC2CCC1C2. The van der Waals surface area contributed by atoms with Crippen LogP contribution >= 0.6 is 15.9 Å². The molecule has 0 aliphatic heterocycles. The Morgan fingerprint density at radius 1 is 1.44 bits per heavy atom. The Hall–Kier alpha value is -0.880. The molecule has 2 saturated carbocycles. The number of hydrogen-bond acceptors (Lipinski definition) is 1. The third-order valence-corrected chi connectivity index (χ3v) is 5.62. The molecule has 0 spiro atoms. The highest BCUT2D eigenvalue weighted by Crippen LogP contribution is 2.57. The zero-order valence-electron chi connectivity index (χ0n) is 10.1. The Bertz CT molecular complexity index is 522. The molecule has 2 aliphatic rings. The van der Waals surface area contributed by atoms with Gasteiger partial charge in [-0.3, -0.25) is 0 Å². The van der Waals surface area contributed by atoms with E-state index in [9.17, 15) is 9.65 Å². The van der Waals surface area contributed by atoms with Gasteiger partial charge in [-0.25, -0.2) is 4.39 Å². The van der Waals surface area contributed by atoms with E-state index in [0.717, 1.165) is 17.9 Å². The van der Waals surface area contributed by atoms with E-state index in [0.29, 0.717) is 16.8 Å². The fourth-order valence-corrected chi connectivity index (χ4v) is 4.27. The largest absolute Gasteiger partial charge is 0.206 e. The van der Waals surface area contributed by atoms with Gasteiger partial charge in [0.2, 0.25) is 0 Å². The lowest BCUT2D eigenvalue weighted by molar-refractivity contribution is 0.239. The van der Waals surface area contributed by atoms with Crippen molar-refractivity contribution in [2.24, 2.45) is 17.3 Å². The first-order chi connectivity index (χ1) is 8.64. The highest BCUT2D eigenvalue weighted by atomic mass is 79.9. The zero-order valence-corrected chi connectivity index (χ0v) is 11.7. The second kappa shape index (κ2) is 4.35. The summed E-state index contributed by atoms with van der Waals surface area (Å²) < 4.78 is 14.1. The van der Waals surface area contributed by atoms with Crippen molar-refractivity contribution in [1.82, 2.24) is 0 Å². The van der Waals surface area contributed by atoms with Gasteiger partial charge < -0.3 is 0 Å². The van der Waals surface area contributed by atoms with Crippen molar-refractivity contribution in [3.63, 3.8) is 0 Å². The van der Waals surface area contributed by atoms with Crippen LogP contribution < -0.4 is 0 Å². The number of benzene rings is 1. The molecule has 3 atom stereocenters. The molecular weight excluding hydrogens is 293 g/mol. The average Bonchev–Trinajstić information content (AvgIpc) is 2.96. The minimum absolute atomic E-state index is 0.233. The highest BCUT2D eigenvalue weighted by Gasteiger charge is 2.51. The number of halogens is 2. The average molecular weight is 308 g/mol. The van der Waals surface area contributed by atoms with Gasteiger partial charge in [0.25, 0.3) is 0 Å². The molecule has 94 valence electrons. The van der Waals surface area contributed by atoms with Gasteiger partial charge in [0, 0.05) is 0 Å². The Labute approximate surface area is 115 Å². The van der Waals surface area contributed by atoms with Crippen LogP contribution in [0.25, 0.3) is 0 Å². The summed E-state index contributed by atoms with van der Waals surface area (Å²) in [7, 11) is 0. The lowest BCUT2D eigenvalue weighted by Crippen LogP contribution is -2.28. The van der Waals surface area contributed by atoms with Crippen molar-refractivity contribution >= 4 is 15.9 Å². The summed E-state index contributed by atoms with van der Waals surface area (Å²) in [6, 6.07) is 7.67. The van der Waals surface area contributed by atoms with Crippen LogP contribution in [-0.4, -0.2) is 0 Å². The molecule has 18 heavy (non-hydrogen) atoms. The van der Waals surface area contributed by atoms with Crippen molar-refractivity contribution < 1.29 is 4.39 Å². The molecule has 0 amide bonds. The summed E-state index contributed by atoms with van der Waals surface area (Å²) in [5, 5.41) is 9.60. The van der Waals surface area contributed by atoms with Gasteiger partial charge in [0.05, 0.1) is 16.0 Å². The zero-order chi connectivity index (χ0) is 12.8. The van der Waals surface area contributed by atoms with Gasteiger partial charge in [0.1, 0.15) is 5.82 Å². The third kappa shape index (κ3) is 1.78. The topological polar surface area (TPSA) is 23.8 Å². The molecular formula is C15H15BrFN. The van der Waals surface area contributed by atoms with Crippen LogP contribution in [0.1, 0.15) is 31.2 Å². The summed E-state index contributed by atoms with van der Waals surface area (Å²) >= 11 is 3.31. The highest BCUT2D eigenvalue weighted by molar-refractivity contribution is 9.10. The van der Waals surface area contributed by atoms with E-state index in [1.54, 1.807) is 6.07 Å². The van der Waals surface area contributed by atoms with Crippen molar-refractivity contribution in [2.45, 2.75) is 32.1 Å². The normalized spacial score (nSPS) is 33.6. The maximum atomic E-state index is 13.5. The number of fused-ring (bicyclic) bond motifs is 2. The second-order valence-corrected chi connectivity index (χ2v) is 6.53. The van der Waals surface area contributed by atoms with Gasteiger partial charge >= 0.3 is 0 Å². The van der Waals surface area contributed by atoms with Crippen LogP contribution in [0.3, 0.4) is 0 Å². The predicted molar refractivity (Wildman–Crippen MR) is 71.3 cm³/mol. The second-order valence-electron chi connectivity index (χ2n) is 5.74. The molecule has 3 unspecified atom stereocenters. The third-order valence-electron chi connectivity index (χ3n) is 4.74. The molecule has 3 heteroatoms. The molecule has 1 aromatic carbocycles. The van der Waals surface area contributed by atoms with Crippen LogP contribution in [0.2, 0.25) is 0 Å². The summed E-state index contributed by atoms with van der Waals surface area (Å²) in [5.41, 5.74) is 0.684. The first kappa shape index (κ1) is 12.2.